The third kappa shape index (κ3) is 1.49. The predicted molar refractivity (Wildman–Crippen MR) is 59.4 cm³/mol. The van der Waals surface area contributed by atoms with E-state index in [1.54, 1.807) is 12.2 Å². The van der Waals surface area contributed by atoms with E-state index < -0.39 is 6.10 Å². The maximum atomic E-state index is 10.1. The Hall–Kier alpha value is -1.80. The van der Waals surface area contributed by atoms with Gasteiger partial charge in [0.1, 0.15) is 17.6 Å². The van der Waals surface area contributed by atoms with Gasteiger partial charge < -0.3 is 9.84 Å². The molecule has 1 aliphatic rings. The summed E-state index contributed by atoms with van der Waals surface area (Å²) in [7, 11) is 0. The van der Waals surface area contributed by atoms with Crippen molar-refractivity contribution in [1.29, 1.82) is 0 Å². The molecule has 2 nitrogen and oxygen atoms in total. The van der Waals surface area contributed by atoms with Crippen molar-refractivity contribution < 1.29 is 9.84 Å². The molecule has 0 bridgehead atoms. The van der Waals surface area contributed by atoms with E-state index in [0.29, 0.717) is 17.1 Å². The molecule has 1 aromatic rings. The highest BCUT2D eigenvalue weighted by Gasteiger charge is 2.24. The van der Waals surface area contributed by atoms with Crippen LogP contribution in [0.1, 0.15) is 11.7 Å². The fourth-order valence-electron chi connectivity index (χ4n) is 1.65. The summed E-state index contributed by atoms with van der Waals surface area (Å²) < 4.78 is 5.59. The summed E-state index contributed by atoms with van der Waals surface area (Å²) in [5.41, 5.74) is 1.42. The van der Waals surface area contributed by atoms with E-state index in [0.717, 1.165) is 5.56 Å². The van der Waals surface area contributed by atoms with Crippen LogP contribution in [0.2, 0.25) is 0 Å². The van der Waals surface area contributed by atoms with Crippen LogP contribution in [0.5, 0.6) is 5.75 Å². The Morgan fingerprint density at radius 3 is 2.60 bits per heavy atom. The number of benzene rings is 1. The fourth-order valence-corrected chi connectivity index (χ4v) is 1.65. The monoisotopic (exact) mass is 200 g/mol. The summed E-state index contributed by atoms with van der Waals surface area (Å²) in [6.07, 6.45) is 2.49. The lowest BCUT2D eigenvalue weighted by Crippen LogP contribution is -2.13. The minimum Gasteiger partial charge on any atom is -0.457 e. The Balaban J connectivity index is 2.56. The van der Waals surface area contributed by atoms with Crippen molar-refractivity contribution in [3.8, 4) is 5.75 Å². The average Bonchev–Trinajstić information content (AvgIpc) is 2.29. The van der Waals surface area contributed by atoms with Gasteiger partial charge in [-0.05, 0) is 12.1 Å². The molecule has 1 aromatic carbocycles. The smallest absolute Gasteiger partial charge is 0.133 e. The Bertz CT molecular complexity index is 444. The Kier molecular flexibility index (Phi) is 2.44. The molecule has 0 spiro atoms. The second-order valence-electron chi connectivity index (χ2n) is 3.27. The first-order valence-electron chi connectivity index (χ1n) is 4.71. The van der Waals surface area contributed by atoms with E-state index in [2.05, 4.69) is 13.2 Å². The van der Waals surface area contributed by atoms with Crippen LogP contribution >= 0.6 is 0 Å². The molecule has 2 heteroatoms. The van der Waals surface area contributed by atoms with Crippen molar-refractivity contribution in [1.82, 2.24) is 0 Å². The van der Waals surface area contributed by atoms with Crippen LogP contribution in [0, 0.1) is 0 Å². The molecule has 1 aliphatic heterocycles. The van der Waals surface area contributed by atoms with E-state index in [1.807, 2.05) is 24.3 Å². The van der Waals surface area contributed by atoms with Gasteiger partial charge in [-0.15, -0.1) is 0 Å². The molecule has 1 N–H and O–H groups in total. The van der Waals surface area contributed by atoms with E-state index in [4.69, 9.17) is 4.74 Å². The number of hydrogen-bond acceptors (Lipinski definition) is 2. The zero-order valence-electron chi connectivity index (χ0n) is 8.31. The molecular weight excluding hydrogens is 188 g/mol. The SMILES string of the molecule is C=CC1=C(C=C)C(O)c2ccccc2O1. The zero-order chi connectivity index (χ0) is 10.8. The standard InChI is InChI=1S/C13H12O2/c1-3-9-11(4-2)15-12-8-6-5-7-10(12)13(9)14/h3-8,13-14H,1-2H2. The molecule has 15 heavy (non-hydrogen) atoms. The van der Waals surface area contributed by atoms with Gasteiger partial charge in [-0.3, -0.25) is 0 Å². The third-order valence-corrected chi connectivity index (χ3v) is 2.42. The summed E-state index contributed by atoms with van der Waals surface area (Å²) in [6, 6.07) is 7.39. The molecular formula is C13H12O2. The maximum absolute atomic E-state index is 10.1. The van der Waals surface area contributed by atoms with Gasteiger partial charge in [0.25, 0.3) is 0 Å². The Labute approximate surface area is 88.8 Å². The van der Waals surface area contributed by atoms with E-state index >= 15 is 0 Å². The number of para-hydroxylation sites is 1. The summed E-state index contributed by atoms with van der Waals surface area (Å²) >= 11 is 0. The maximum Gasteiger partial charge on any atom is 0.133 e. The highest BCUT2D eigenvalue weighted by Crippen LogP contribution is 2.37. The quantitative estimate of drug-likeness (QED) is 0.795. The van der Waals surface area contributed by atoms with E-state index in [-0.39, 0.29) is 0 Å². The molecule has 2 rings (SSSR count). The lowest BCUT2D eigenvalue weighted by Gasteiger charge is -2.24. The zero-order valence-corrected chi connectivity index (χ0v) is 8.31. The number of fused-ring (bicyclic) bond motifs is 1. The lowest BCUT2D eigenvalue weighted by atomic mass is 9.97. The minimum absolute atomic E-state index is 0.566. The molecule has 0 radical (unpaired) electrons. The van der Waals surface area contributed by atoms with Crippen molar-refractivity contribution in [3.63, 3.8) is 0 Å². The summed E-state index contributed by atoms with van der Waals surface area (Å²) in [5.74, 6) is 1.24. The normalized spacial score (nSPS) is 19.1. The van der Waals surface area contributed by atoms with E-state index in [9.17, 15) is 5.11 Å². The first kappa shape index (κ1) is 9.74. The van der Waals surface area contributed by atoms with Crippen LogP contribution in [0.15, 0.2) is 60.9 Å². The lowest BCUT2D eigenvalue weighted by molar-refractivity contribution is 0.199. The second-order valence-corrected chi connectivity index (χ2v) is 3.27. The number of rotatable bonds is 2. The number of ether oxygens (including phenoxy) is 1. The van der Waals surface area contributed by atoms with Crippen LogP contribution in [-0.4, -0.2) is 5.11 Å². The summed E-state index contributed by atoms with van der Waals surface area (Å²) in [4.78, 5) is 0. The molecule has 76 valence electrons. The van der Waals surface area contributed by atoms with Crippen LogP contribution in [0.25, 0.3) is 0 Å². The van der Waals surface area contributed by atoms with Gasteiger partial charge in [-0.1, -0.05) is 37.4 Å². The molecule has 0 amide bonds. The molecule has 1 atom stereocenters. The Morgan fingerprint density at radius 2 is 1.93 bits per heavy atom. The average molecular weight is 200 g/mol. The second kappa shape index (κ2) is 3.75. The molecule has 1 unspecified atom stereocenters. The van der Waals surface area contributed by atoms with Crippen LogP contribution in [-0.2, 0) is 0 Å². The van der Waals surface area contributed by atoms with Gasteiger partial charge in [-0.2, -0.15) is 0 Å². The predicted octanol–water partition coefficient (Wildman–Crippen LogP) is 2.74. The minimum atomic E-state index is -0.680. The summed E-state index contributed by atoms with van der Waals surface area (Å²) in [5, 5.41) is 10.1. The van der Waals surface area contributed by atoms with Gasteiger partial charge in [0, 0.05) is 11.1 Å². The van der Waals surface area contributed by atoms with Gasteiger partial charge in [0.15, 0.2) is 0 Å². The fraction of sp³-hybridized carbons (Fsp3) is 0.0769. The van der Waals surface area contributed by atoms with Gasteiger partial charge >= 0.3 is 0 Å². The molecule has 0 saturated carbocycles. The van der Waals surface area contributed by atoms with Crippen LogP contribution < -0.4 is 4.74 Å². The first-order chi connectivity index (χ1) is 7.27. The van der Waals surface area contributed by atoms with Crippen molar-refractivity contribution in [3.05, 3.63) is 66.5 Å². The van der Waals surface area contributed by atoms with Crippen molar-refractivity contribution in [2.75, 3.05) is 0 Å². The van der Waals surface area contributed by atoms with Crippen molar-refractivity contribution in [2.24, 2.45) is 0 Å². The number of allylic oxidation sites excluding steroid dienone is 1. The largest absolute Gasteiger partial charge is 0.457 e. The van der Waals surface area contributed by atoms with Crippen LogP contribution in [0.3, 0.4) is 0 Å². The molecule has 0 fully saturated rings. The van der Waals surface area contributed by atoms with Crippen molar-refractivity contribution in [2.45, 2.75) is 6.10 Å². The summed E-state index contributed by atoms with van der Waals surface area (Å²) in [6.45, 7) is 7.31. The topological polar surface area (TPSA) is 29.5 Å². The van der Waals surface area contributed by atoms with Crippen molar-refractivity contribution >= 4 is 0 Å². The molecule has 0 aliphatic carbocycles. The van der Waals surface area contributed by atoms with Crippen LogP contribution in [0.4, 0.5) is 0 Å². The number of aliphatic hydroxyl groups is 1. The van der Waals surface area contributed by atoms with Gasteiger partial charge in [-0.25, -0.2) is 0 Å². The highest BCUT2D eigenvalue weighted by molar-refractivity contribution is 5.48. The molecule has 0 saturated heterocycles. The highest BCUT2D eigenvalue weighted by atomic mass is 16.5. The van der Waals surface area contributed by atoms with E-state index in [1.165, 1.54) is 0 Å². The van der Waals surface area contributed by atoms with Gasteiger partial charge in [0.05, 0.1) is 0 Å². The Morgan fingerprint density at radius 1 is 1.20 bits per heavy atom. The third-order valence-electron chi connectivity index (χ3n) is 2.42. The molecule has 1 heterocycles. The number of hydrogen-bond donors (Lipinski definition) is 1. The molecule has 0 aromatic heterocycles. The first-order valence-corrected chi connectivity index (χ1v) is 4.71. The number of aliphatic hydroxyl groups excluding tert-OH is 1. The van der Waals surface area contributed by atoms with Gasteiger partial charge in [0.2, 0.25) is 0 Å².